The third-order valence-electron chi connectivity index (χ3n) is 3.29. The maximum Gasteiger partial charge on any atom is 0.326 e. The van der Waals surface area contributed by atoms with E-state index in [1.807, 2.05) is 43.3 Å². The van der Waals surface area contributed by atoms with Crippen LogP contribution in [0.25, 0.3) is 0 Å². The van der Waals surface area contributed by atoms with Crippen LogP contribution in [0, 0.1) is 0 Å². The summed E-state index contributed by atoms with van der Waals surface area (Å²) in [4.78, 5) is 14.2. The summed E-state index contributed by atoms with van der Waals surface area (Å²) in [5.41, 5.74) is 1.35. The first kappa shape index (κ1) is 15.7. The first-order valence-corrected chi connectivity index (χ1v) is 7.05. The Morgan fingerprint density at radius 2 is 1.59 bits per heavy atom. The quantitative estimate of drug-likeness (QED) is 0.914. The zero-order valence-corrected chi connectivity index (χ0v) is 13.0. The Morgan fingerprint density at radius 1 is 1.00 bits per heavy atom. The van der Waals surface area contributed by atoms with Crippen LogP contribution in [0.4, 0.5) is 16.2 Å². The number of hydrogen-bond donors (Lipinski definition) is 1. The van der Waals surface area contributed by atoms with Gasteiger partial charge in [-0.1, -0.05) is 24.3 Å². The minimum atomic E-state index is -0.239. The summed E-state index contributed by atoms with van der Waals surface area (Å²) in [6.45, 7) is 2.47. The zero-order valence-electron chi connectivity index (χ0n) is 13.0. The van der Waals surface area contributed by atoms with Crippen molar-refractivity contribution in [3.63, 3.8) is 0 Å². The molecule has 2 aromatic carbocycles. The first-order chi connectivity index (χ1) is 10.7. The van der Waals surface area contributed by atoms with Gasteiger partial charge < -0.3 is 14.8 Å². The third kappa shape index (κ3) is 3.31. The molecule has 0 atom stereocenters. The van der Waals surface area contributed by atoms with Crippen molar-refractivity contribution in [1.82, 2.24) is 0 Å². The second-order valence-electron chi connectivity index (χ2n) is 4.55. The van der Waals surface area contributed by atoms with E-state index in [0.29, 0.717) is 23.7 Å². The smallest absolute Gasteiger partial charge is 0.326 e. The fourth-order valence-electron chi connectivity index (χ4n) is 2.20. The van der Waals surface area contributed by atoms with Crippen LogP contribution < -0.4 is 19.7 Å². The molecule has 0 aliphatic carbocycles. The van der Waals surface area contributed by atoms with Crippen LogP contribution in [0.3, 0.4) is 0 Å². The number of nitrogens with zero attached hydrogens (tertiary/aromatic N) is 1. The normalized spacial score (nSPS) is 9.95. The molecule has 2 rings (SSSR count). The van der Waals surface area contributed by atoms with Crippen LogP contribution in [0.5, 0.6) is 11.5 Å². The largest absolute Gasteiger partial charge is 0.494 e. The maximum absolute atomic E-state index is 12.6. The van der Waals surface area contributed by atoms with E-state index in [9.17, 15) is 4.79 Å². The highest BCUT2D eigenvalue weighted by Crippen LogP contribution is 2.34. The van der Waals surface area contributed by atoms with E-state index < -0.39 is 0 Å². The van der Waals surface area contributed by atoms with Gasteiger partial charge in [0.15, 0.2) is 0 Å². The minimum Gasteiger partial charge on any atom is -0.494 e. The Labute approximate surface area is 130 Å². The van der Waals surface area contributed by atoms with E-state index in [-0.39, 0.29) is 6.03 Å². The summed E-state index contributed by atoms with van der Waals surface area (Å²) in [6.07, 6.45) is 0. The molecular weight excluding hydrogens is 280 g/mol. The predicted octanol–water partition coefficient (Wildman–Crippen LogP) is 3.76. The Balaban J connectivity index is 2.28. The van der Waals surface area contributed by atoms with E-state index in [2.05, 4.69) is 5.32 Å². The molecule has 0 bridgehead atoms. The van der Waals surface area contributed by atoms with Crippen molar-refractivity contribution >= 4 is 17.4 Å². The SMILES string of the molecule is CCN(C(=O)Nc1c(OC)cccc1OC)c1ccccc1. The highest BCUT2D eigenvalue weighted by molar-refractivity contribution is 6.03. The van der Waals surface area contributed by atoms with Crippen LogP contribution >= 0.6 is 0 Å². The number of nitrogens with one attached hydrogen (secondary N) is 1. The van der Waals surface area contributed by atoms with Gasteiger partial charge in [-0.2, -0.15) is 0 Å². The average Bonchev–Trinajstić information content (AvgIpc) is 2.56. The summed E-state index contributed by atoms with van der Waals surface area (Å²) in [5, 5.41) is 2.87. The van der Waals surface area contributed by atoms with Gasteiger partial charge in [0.2, 0.25) is 0 Å². The van der Waals surface area contributed by atoms with E-state index in [0.717, 1.165) is 5.69 Å². The zero-order chi connectivity index (χ0) is 15.9. The molecule has 22 heavy (non-hydrogen) atoms. The number of para-hydroxylation sites is 2. The second-order valence-corrected chi connectivity index (χ2v) is 4.55. The topological polar surface area (TPSA) is 50.8 Å². The van der Waals surface area contributed by atoms with Crippen LogP contribution in [0.2, 0.25) is 0 Å². The lowest BCUT2D eigenvalue weighted by atomic mass is 10.2. The number of urea groups is 1. The molecule has 116 valence electrons. The minimum absolute atomic E-state index is 0.239. The molecule has 1 N–H and O–H groups in total. The first-order valence-electron chi connectivity index (χ1n) is 7.05. The Bertz CT molecular complexity index is 607. The molecule has 0 aliphatic rings. The van der Waals surface area contributed by atoms with Gasteiger partial charge in [0.1, 0.15) is 17.2 Å². The van der Waals surface area contributed by atoms with Crippen LogP contribution in [-0.2, 0) is 0 Å². The molecule has 0 aliphatic heterocycles. The lowest BCUT2D eigenvalue weighted by Crippen LogP contribution is -2.34. The van der Waals surface area contributed by atoms with Crippen molar-refractivity contribution < 1.29 is 14.3 Å². The summed E-state index contributed by atoms with van der Waals surface area (Å²) in [5.74, 6) is 1.11. The van der Waals surface area contributed by atoms with Gasteiger partial charge in [0, 0.05) is 12.2 Å². The molecule has 5 nitrogen and oxygen atoms in total. The van der Waals surface area contributed by atoms with Crippen molar-refractivity contribution in [2.45, 2.75) is 6.92 Å². The molecule has 2 amide bonds. The van der Waals surface area contributed by atoms with Crippen molar-refractivity contribution in [3.8, 4) is 11.5 Å². The van der Waals surface area contributed by atoms with Gasteiger partial charge in [0.05, 0.1) is 14.2 Å². The molecule has 0 spiro atoms. The Kier molecular flexibility index (Phi) is 5.25. The number of amides is 2. The fourth-order valence-corrected chi connectivity index (χ4v) is 2.20. The summed E-state index contributed by atoms with van der Waals surface area (Å²) in [7, 11) is 3.11. The van der Waals surface area contributed by atoms with Crippen molar-refractivity contribution in [1.29, 1.82) is 0 Å². The average molecular weight is 300 g/mol. The molecule has 0 aromatic heterocycles. The molecule has 2 aromatic rings. The molecule has 0 saturated heterocycles. The van der Waals surface area contributed by atoms with E-state index in [1.165, 1.54) is 0 Å². The molecular formula is C17H20N2O3. The van der Waals surface area contributed by atoms with Gasteiger partial charge >= 0.3 is 6.03 Å². The van der Waals surface area contributed by atoms with Gasteiger partial charge in [-0.25, -0.2) is 4.79 Å². The van der Waals surface area contributed by atoms with Crippen LogP contribution in [-0.4, -0.2) is 26.8 Å². The number of carbonyl (C=O) groups is 1. The summed E-state index contributed by atoms with van der Waals surface area (Å²) in [6, 6.07) is 14.6. The molecule has 0 radical (unpaired) electrons. The maximum atomic E-state index is 12.6. The summed E-state index contributed by atoms with van der Waals surface area (Å²) >= 11 is 0. The number of anilines is 2. The van der Waals surface area contributed by atoms with Gasteiger partial charge in [-0.15, -0.1) is 0 Å². The third-order valence-corrected chi connectivity index (χ3v) is 3.29. The standard InChI is InChI=1S/C17H20N2O3/c1-4-19(13-9-6-5-7-10-13)17(20)18-16-14(21-2)11-8-12-15(16)22-3/h5-12H,4H2,1-3H3,(H,18,20). The predicted molar refractivity (Wildman–Crippen MR) is 88.0 cm³/mol. The van der Waals surface area contributed by atoms with Crippen LogP contribution in [0.15, 0.2) is 48.5 Å². The lowest BCUT2D eigenvalue weighted by molar-refractivity contribution is 0.257. The number of rotatable bonds is 5. The second kappa shape index (κ2) is 7.36. The Hall–Kier alpha value is -2.69. The van der Waals surface area contributed by atoms with Crippen molar-refractivity contribution in [3.05, 3.63) is 48.5 Å². The van der Waals surface area contributed by atoms with Gasteiger partial charge in [0.25, 0.3) is 0 Å². The monoisotopic (exact) mass is 300 g/mol. The van der Waals surface area contributed by atoms with E-state index in [1.54, 1.807) is 31.3 Å². The van der Waals surface area contributed by atoms with E-state index in [4.69, 9.17) is 9.47 Å². The number of ether oxygens (including phenoxy) is 2. The number of benzene rings is 2. The molecule has 5 heteroatoms. The lowest BCUT2D eigenvalue weighted by Gasteiger charge is -2.23. The van der Waals surface area contributed by atoms with Crippen LogP contribution in [0.1, 0.15) is 6.92 Å². The molecule has 0 heterocycles. The van der Waals surface area contributed by atoms with Gasteiger partial charge in [-0.05, 0) is 31.2 Å². The van der Waals surface area contributed by atoms with Crippen molar-refractivity contribution in [2.24, 2.45) is 0 Å². The molecule has 0 unspecified atom stereocenters. The number of carbonyl (C=O) groups excluding carboxylic acids is 1. The Morgan fingerprint density at radius 3 is 2.09 bits per heavy atom. The number of hydrogen-bond acceptors (Lipinski definition) is 3. The number of methoxy groups -OCH3 is 2. The fraction of sp³-hybridized carbons (Fsp3) is 0.235. The molecule has 0 saturated carbocycles. The van der Waals surface area contributed by atoms with E-state index >= 15 is 0 Å². The van der Waals surface area contributed by atoms with Crippen molar-refractivity contribution in [2.75, 3.05) is 31.0 Å². The summed E-state index contributed by atoms with van der Waals surface area (Å²) < 4.78 is 10.6. The molecule has 0 fully saturated rings. The van der Waals surface area contributed by atoms with Gasteiger partial charge in [-0.3, -0.25) is 4.90 Å². The highest BCUT2D eigenvalue weighted by Gasteiger charge is 2.18. The highest BCUT2D eigenvalue weighted by atomic mass is 16.5.